The van der Waals surface area contributed by atoms with Crippen LogP contribution in [0.1, 0.15) is 6.92 Å². The molecular formula is C4H10O3S. The van der Waals surface area contributed by atoms with E-state index in [0.29, 0.717) is 5.57 Å². The minimum atomic E-state index is -3.32. The fourth-order valence-corrected chi connectivity index (χ4v) is 0.992. The van der Waals surface area contributed by atoms with E-state index in [0.717, 1.165) is 0 Å². The lowest BCUT2D eigenvalue weighted by Crippen LogP contribution is -2.00. The average molecular weight is 138 g/mol. The van der Waals surface area contributed by atoms with Crippen molar-refractivity contribution >= 4 is 10.9 Å². The van der Waals surface area contributed by atoms with E-state index in [1.807, 2.05) is 0 Å². The van der Waals surface area contributed by atoms with Gasteiger partial charge in [0.15, 0.2) is 0 Å². The van der Waals surface area contributed by atoms with E-state index in [9.17, 15) is 0 Å². The van der Waals surface area contributed by atoms with Crippen LogP contribution >= 0.6 is 10.9 Å². The Kier molecular flexibility index (Phi) is 2.49. The molecule has 0 atom stereocenters. The van der Waals surface area contributed by atoms with Crippen LogP contribution in [0.2, 0.25) is 0 Å². The van der Waals surface area contributed by atoms with Crippen molar-refractivity contribution in [2.24, 2.45) is 0 Å². The van der Waals surface area contributed by atoms with Crippen LogP contribution in [-0.4, -0.2) is 19.4 Å². The monoisotopic (exact) mass is 138 g/mol. The molecule has 0 amide bonds. The van der Waals surface area contributed by atoms with Crippen LogP contribution in [-0.2, 0) is 0 Å². The zero-order valence-electron chi connectivity index (χ0n) is 4.66. The standard InChI is InChI=1S/C4H10O3S/c1-4(2)3-8(5,6)7/h5-7H,1,3H2,2H3. The summed E-state index contributed by atoms with van der Waals surface area (Å²) in [5.41, 5.74) is 0.563. The van der Waals surface area contributed by atoms with E-state index >= 15 is 0 Å². The SMILES string of the molecule is C=C(C)CS(O)(O)O. The van der Waals surface area contributed by atoms with Gasteiger partial charge in [0.2, 0.25) is 0 Å². The van der Waals surface area contributed by atoms with Gasteiger partial charge in [0, 0.05) is 0 Å². The average Bonchev–Trinajstić information content (AvgIpc) is 1.21. The third-order valence-electron chi connectivity index (χ3n) is 0.440. The van der Waals surface area contributed by atoms with E-state index < -0.39 is 10.9 Å². The molecule has 3 nitrogen and oxygen atoms in total. The first-order valence-electron chi connectivity index (χ1n) is 2.04. The molecule has 0 fully saturated rings. The first-order valence-corrected chi connectivity index (χ1v) is 3.72. The van der Waals surface area contributed by atoms with Crippen molar-refractivity contribution in [1.82, 2.24) is 0 Å². The van der Waals surface area contributed by atoms with Crippen molar-refractivity contribution < 1.29 is 13.7 Å². The highest BCUT2D eigenvalue weighted by atomic mass is 32.3. The number of hydrogen-bond acceptors (Lipinski definition) is 3. The predicted octanol–water partition coefficient (Wildman–Crippen LogP) is 1.79. The van der Waals surface area contributed by atoms with Gasteiger partial charge in [-0.15, -0.1) is 0 Å². The molecule has 0 spiro atoms. The minimum absolute atomic E-state index is 0.118. The van der Waals surface area contributed by atoms with Gasteiger partial charge in [-0.1, -0.05) is 12.2 Å². The maximum absolute atomic E-state index is 8.32. The second kappa shape index (κ2) is 2.50. The van der Waals surface area contributed by atoms with Crippen LogP contribution in [0.4, 0.5) is 0 Å². The van der Waals surface area contributed by atoms with Crippen molar-refractivity contribution in [3.05, 3.63) is 12.2 Å². The Morgan fingerprint density at radius 3 is 1.88 bits per heavy atom. The summed E-state index contributed by atoms with van der Waals surface area (Å²) >= 11 is 0. The smallest absolute Gasteiger partial charge is 0.0850 e. The summed E-state index contributed by atoms with van der Waals surface area (Å²) in [6.45, 7) is 5.00. The van der Waals surface area contributed by atoms with E-state index in [2.05, 4.69) is 6.58 Å². The summed E-state index contributed by atoms with van der Waals surface area (Å²) in [6.07, 6.45) is 0. The van der Waals surface area contributed by atoms with Gasteiger partial charge in [0.05, 0.1) is 16.6 Å². The molecule has 3 N–H and O–H groups in total. The van der Waals surface area contributed by atoms with E-state index in [1.54, 1.807) is 6.92 Å². The van der Waals surface area contributed by atoms with Crippen molar-refractivity contribution in [1.29, 1.82) is 0 Å². The summed E-state index contributed by atoms with van der Waals surface area (Å²) in [5.74, 6) is -0.118. The van der Waals surface area contributed by atoms with Gasteiger partial charge in [0.25, 0.3) is 0 Å². The number of hydrogen-bond donors (Lipinski definition) is 3. The molecule has 50 valence electrons. The molecule has 0 bridgehead atoms. The topological polar surface area (TPSA) is 60.7 Å². The Bertz CT molecular complexity index is 93.9. The van der Waals surface area contributed by atoms with Crippen LogP contribution in [0.25, 0.3) is 0 Å². The van der Waals surface area contributed by atoms with Crippen LogP contribution in [0.3, 0.4) is 0 Å². The molecule has 0 aliphatic carbocycles. The largest absolute Gasteiger partial charge is 0.308 e. The van der Waals surface area contributed by atoms with Gasteiger partial charge in [-0.25, -0.2) is 0 Å². The van der Waals surface area contributed by atoms with Crippen LogP contribution < -0.4 is 0 Å². The zero-order chi connectivity index (χ0) is 6.78. The van der Waals surface area contributed by atoms with Crippen LogP contribution in [0.15, 0.2) is 12.2 Å². The molecule has 0 aromatic carbocycles. The van der Waals surface area contributed by atoms with Crippen molar-refractivity contribution in [3.63, 3.8) is 0 Å². The van der Waals surface area contributed by atoms with Gasteiger partial charge in [0.1, 0.15) is 0 Å². The van der Waals surface area contributed by atoms with Crippen LogP contribution in [0.5, 0.6) is 0 Å². The Morgan fingerprint density at radius 1 is 1.50 bits per heavy atom. The summed E-state index contributed by atoms with van der Waals surface area (Å²) in [6, 6.07) is 0. The molecule has 0 aliphatic heterocycles. The predicted molar refractivity (Wildman–Crippen MR) is 35.2 cm³/mol. The lowest BCUT2D eigenvalue weighted by atomic mass is 10.4. The molecule has 8 heavy (non-hydrogen) atoms. The highest BCUT2D eigenvalue weighted by Gasteiger charge is 2.09. The van der Waals surface area contributed by atoms with E-state index in [-0.39, 0.29) is 5.75 Å². The highest BCUT2D eigenvalue weighted by molar-refractivity contribution is 8.19. The Morgan fingerprint density at radius 2 is 1.88 bits per heavy atom. The molecule has 0 aromatic heterocycles. The lowest BCUT2D eigenvalue weighted by molar-refractivity contribution is 0.379. The van der Waals surface area contributed by atoms with Gasteiger partial charge in [-0.2, -0.15) is 0 Å². The molecule has 0 saturated heterocycles. The summed E-state index contributed by atoms with van der Waals surface area (Å²) in [5, 5.41) is 0. The summed E-state index contributed by atoms with van der Waals surface area (Å²) in [7, 11) is -3.32. The molecule has 0 saturated carbocycles. The lowest BCUT2D eigenvalue weighted by Gasteiger charge is -2.17. The van der Waals surface area contributed by atoms with Gasteiger partial charge < -0.3 is 13.7 Å². The summed E-state index contributed by atoms with van der Waals surface area (Å²) < 4.78 is 25.0. The fourth-order valence-electron chi connectivity index (χ4n) is 0.331. The molecule has 0 aliphatic rings. The molecule has 0 unspecified atom stereocenters. The minimum Gasteiger partial charge on any atom is -0.308 e. The molecule has 0 heterocycles. The first-order chi connectivity index (χ1) is 3.42. The Labute approximate surface area is 50.2 Å². The summed E-state index contributed by atoms with van der Waals surface area (Å²) in [4.78, 5) is 0. The third-order valence-corrected chi connectivity index (χ3v) is 1.32. The van der Waals surface area contributed by atoms with E-state index in [1.165, 1.54) is 0 Å². The Balaban J connectivity index is 3.55. The van der Waals surface area contributed by atoms with Crippen molar-refractivity contribution in [3.8, 4) is 0 Å². The van der Waals surface area contributed by atoms with Gasteiger partial charge >= 0.3 is 0 Å². The maximum Gasteiger partial charge on any atom is 0.0850 e. The van der Waals surface area contributed by atoms with Gasteiger partial charge in [-0.05, 0) is 6.92 Å². The Hall–Kier alpha value is -0.0300. The fraction of sp³-hybridized carbons (Fsp3) is 0.500. The second-order valence-electron chi connectivity index (χ2n) is 1.73. The van der Waals surface area contributed by atoms with Crippen molar-refractivity contribution in [2.75, 3.05) is 5.75 Å². The van der Waals surface area contributed by atoms with Crippen molar-refractivity contribution in [2.45, 2.75) is 6.92 Å². The highest BCUT2D eigenvalue weighted by Crippen LogP contribution is 2.33. The first kappa shape index (κ1) is 7.97. The molecule has 0 rings (SSSR count). The molecule has 0 radical (unpaired) electrons. The molecule has 0 aromatic rings. The maximum atomic E-state index is 8.32. The quantitative estimate of drug-likeness (QED) is 0.510. The number of rotatable bonds is 2. The van der Waals surface area contributed by atoms with Crippen LogP contribution in [0, 0.1) is 0 Å². The molecular weight excluding hydrogens is 128 g/mol. The third kappa shape index (κ3) is 5.97. The molecule has 4 heteroatoms. The normalized spacial score (nSPS) is 13.5. The van der Waals surface area contributed by atoms with E-state index in [4.69, 9.17) is 13.7 Å². The zero-order valence-corrected chi connectivity index (χ0v) is 5.48. The van der Waals surface area contributed by atoms with Gasteiger partial charge in [-0.3, -0.25) is 0 Å². The second-order valence-corrected chi connectivity index (χ2v) is 3.29.